The van der Waals surface area contributed by atoms with Crippen LogP contribution in [0.3, 0.4) is 0 Å². The second-order valence-corrected chi connectivity index (χ2v) is 30.7. The first-order valence-electron chi connectivity index (χ1n) is 36.4. The minimum atomic E-state index is -5.00. The van der Waals surface area contributed by atoms with Crippen molar-refractivity contribution in [2.24, 2.45) is 34.8 Å². The van der Waals surface area contributed by atoms with Crippen molar-refractivity contribution in [1.29, 1.82) is 0 Å². The Bertz CT molecular complexity index is 3850. The summed E-state index contributed by atoms with van der Waals surface area (Å²) >= 11 is 16.6. The summed E-state index contributed by atoms with van der Waals surface area (Å²) in [5.74, 6) is -22.0. The molecule has 3 aliphatic heterocycles. The van der Waals surface area contributed by atoms with Crippen molar-refractivity contribution in [2.45, 2.75) is 195 Å². The highest BCUT2D eigenvalue weighted by molar-refractivity contribution is 7.81. The molecule has 1 aromatic carbocycles. The molecule has 15 unspecified atom stereocenters. The van der Waals surface area contributed by atoms with Crippen LogP contribution in [0.25, 0.3) is 0 Å². The van der Waals surface area contributed by atoms with Crippen LogP contribution in [0.1, 0.15) is 104 Å². The van der Waals surface area contributed by atoms with Crippen molar-refractivity contribution in [2.75, 3.05) is 62.4 Å². The van der Waals surface area contributed by atoms with Crippen molar-refractivity contribution in [3.8, 4) is 5.75 Å². The van der Waals surface area contributed by atoms with Crippen LogP contribution >= 0.6 is 50.5 Å². The number of primary amides is 2. The molecule has 0 aromatic heterocycles. The Kier molecular flexibility index (Phi) is 39.2. The highest BCUT2D eigenvalue weighted by Gasteiger charge is 2.52. The van der Waals surface area contributed by atoms with Gasteiger partial charge >= 0.3 is 16.4 Å². The Hall–Kier alpha value is -9.17. The van der Waals surface area contributed by atoms with E-state index in [0.717, 1.165) is 17.0 Å². The monoisotopic (exact) mass is 1720 g/mol. The van der Waals surface area contributed by atoms with E-state index in [1.54, 1.807) is 27.7 Å². The van der Waals surface area contributed by atoms with E-state index in [9.17, 15) is 110 Å². The topological polar surface area (TPSA) is 678 Å². The van der Waals surface area contributed by atoms with E-state index in [0.29, 0.717) is 12.8 Å². The van der Waals surface area contributed by atoms with Crippen LogP contribution in [0.5, 0.6) is 5.75 Å². The Morgan fingerprint density at radius 3 is 1.42 bits per heavy atom. The number of thiol groups is 4. The summed E-state index contributed by atoms with van der Waals surface area (Å²) in [6, 6.07) is -17.1. The fraction of sp³-hybridized carbons (Fsp3) is 0.642. The van der Waals surface area contributed by atoms with Gasteiger partial charge in [0.2, 0.25) is 88.6 Å². The van der Waals surface area contributed by atoms with E-state index in [1.165, 1.54) is 28.9 Å². The smallest absolute Gasteiger partial charge is 0.446 e. The minimum Gasteiger partial charge on any atom is -0.481 e. The average molecular weight is 1720 g/mol. The van der Waals surface area contributed by atoms with E-state index in [-0.39, 0.29) is 92.8 Å². The van der Waals surface area contributed by atoms with Gasteiger partial charge in [-0.05, 0) is 94.2 Å². The van der Waals surface area contributed by atoms with Crippen LogP contribution in [0.2, 0.25) is 0 Å². The number of amides is 16. The molecule has 0 radical (unpaired) electrons. The summed E-state index contributed by atoms with van der Waals surface area (Å²) < 4.78 is 36.1. The molecule has 3 saturated heterocycles. The SMILES string of the molecule is CC(C)CC(NC(=O)C(C)NC(=O)C(CS)NC(=O)C1CCCN1C(=O)C1CCCN1C(=O)C(CC(C)C)NC(=O)C(CO)NC(=O)C(CS)NC(=O)C(CS)NC(=O)CN)C(=O)NC(CO)C(=O)NC(CC(N)=O)C(=O)N1CCCC1C(=O)NC(CS)(C(N)=O)C(=O)C(Cc1ccc(OS(=O)(=O)O)cc1)NC(=O)C(N)CC(=O)O. The van der Waals surface area contributed by atoms with Gasteiger partial charge in [0.05, 0.1) is 44.7 Å². The van der Waals surface area contributed by atoms with Gasteiger partial charge in [-0.2, -0.15) is 58.9 Å². The highest BCUT2D eigenvalue weighted by Crippen LogP contribution is 2.28. The average Bonchev–Trinajstić information content (AvgIpc) is 1.71. The van der Waals surface area contributed by atoms with Crippen LogP contribution in [0, 0.1) is 11.8 Å². The van der Waals surface area contributed by atoms with Gasteiger partial charge in [0.25, 0.3) is 5.91 Å². The molecule has 115 heavy (non-hydrogen) atoms. The molecule has 48 heteroatoms. The molecular formula is C67H104N18O25S5. The minimum absolute atomic E-state index is 0.0273. The molecular weight excluding hydrogens is 1620 g/mol. The first kappa shape index (κ1) is 98.2. The van der Waals surface area contributed by atoms with Crippen LogP contribution in [0.4, 0.5) is 0 Å². The summed E-state index contributed by atoms with van der Waals surface area (Å²) in [6.45, 7) is 5.31. The number of ketones is 1. The van der Waals surface area contributed by atoms with Crippen molar-refractivity contribution in [1.82, 2.24) is 73.2 Å². The van der Waals surface area contributed by atoms with Gasteiger partial charge in [-0.3, -0.25) is 90.9 Å². The van der Waals surface area contributed by atoms with Crippen molar-refractivity contribution in [3.63, 3.8) is 0 Å². The van der Waals surface area contributed by atoms with Crippen molar-refractivity contribution in [3.05, 3.63) is 29.8 Å². The summed E-state index contributed by atoms with van der Waals surface area (Å²) in [4.78, 5) is 248. The number of rotatable bonds is 46. The second kappa shape index (κ2) is 45.9. The van der Waals surface area contributed by atoms with Gasteiger partial charge in [0.15, 0.2) is 11.3 Å². The molecule has 3 heterocycles. The number of aliphatic carboxylic acids is 1. The lowest BCUT2D eigenvalue weighted by atomic mass is 9.86. The first-order valence-corrected chi connectivity index (χ1v) is 40.3. The molecule has 0 bridgehead atoms. The molecule has 0 spiro atoms. The fourth-order valence-corrected chi connectivity index (χ4v) is 14.2. The zero-order valence-electron chi connectivity index (χ0n) is 63.6. The number of nitrogens with one attached hydrogen (secondary N) is 11. The third-order valence-electron chi connectivity index (χ3n) is 18.6. The highest BCUT2D eigenvalue weighted by atomic mass is 32.3. The van der Waals surface area contributed by atoms with Crippen molar-refractivity contribution >= 4 is 167 Å². The van der Waals surface area contributed by atoms with Gasteiger partial charge < -0.3 is 116 Å². The number of Topliss-reactive ketones (excluding diaryl/α,β-unsaturated/α-hetero) is 1. The number of likely N-dealkylation sites (tertiary alicyclic amines) is 3. The van der Waals surface area contributed by atoms with Crippen LogP contribution in [-0.4, -0.2) is 302 Å². The number of aliphatic hydroxyl groups is 2. The van der Waals surface area contributed by atoms with Crippen LogP contribution in [-0.2, 0) is 103 Å². The lowest BCUT2D eigenvalue weighted by molar-refractivity contribution is -0.148. The molecule has 1 aromatic rings. The number of benzene rings is 1. The lowest BCUT2D eigenvalue weighted by Crippen LogP contribution is -2.70. The number of hydrogen-bond donors (Lipinski definition) is 23. The standard InChI is InChI=1S/C67H104N18O25S5/c1-31(2)19-38(55(95)78-41(25-86)57(97)77-40(23-49(70)88)64(104)83-16-7-10-47(83)62(102)82-67(30-114,66(71)106)52(92)37(74-54(94)36(69)22-51(90)91)21-34-12-14-35(15-13-34)110-115(107,108)109)75-53(93)33(5)72-58(98)44(28-112)81-61(101)46-9-6-17-84(46)65(105)48-11-8-18-85(48)63(103)39(20-32(3)4)76-56(96)42(26-87)79-60(100)45(29-113)80-59(99)43(27-111)73-50(89)24-68/h12-15,31-33,36-48,86-87,111-114H,6-11,16-30,68-69H2,1-5H3,(H2,70,88)(H2,71,106)(H,72,98)(H,73,89)(H,74,94)(H,75,93)(H,76,96)(H,77,97)(H,78,95)(H,79,100)(H,80,99)(H,81,101)(H,82,102)(H,90,91)(H,107,108,109). The molecule has 23 N–H and O–H groups in total. The quantitative estimate of drug-likeness (QED) is 0.0164. The molecule has 4 rings (SSSR count). The van der Waals surface area contributed by atoms with Crippen molar-refractivity contribution < 1.29 is 119 Å². The summed E-state index contributed by atoms with van der Waals surface area (Å²) in [5, 5.41) is 56.2. The Morgan fingerprint density at radius 1 is 0.522 bits per heavy atom. The van der Waals surface area contributed by atoms with Crippen LogP contribution in [0.15, 0.2) is 24.3 Å². The Morgan fingerprint density at radius 2 is 0.939 bits per heavy atom. The molecule has 0 saturated carbocycles. The van der Waals surface area contributed by atoms with Gasteiger partial charge in [-0.25, -0.2) is 0 Å². The predicted molar refractivity (Wildman–Crippen MR) is 418 cm³/mol. The zero-order valence-corrected chi connectivity index (χ0v) is 68.0. The number of carbonyl (C=O) groups excluding carboxylic acids is 17. The maximum absolute atomic E-state index is 14.7. The second-order valence-electron chi connectivity index (χ2n) is 28.3. The number of carboxylic acids is 1. The van der Waals surface area contributed by atoms with E-state index in [1.807, 2.05) is 0 Å². The zero-order chi connectivity index (χ0) is 86.7. The van der Waals surface area contributed by atoms with E-state index in [4.69, 9.17) is 27.5 Å². The maximum atomic E-state index is 14.7. The largest absolute Gasteiger partial charge is 0.481 e. The molecule has 0 aliphatic carbocycles. The lowest BCUT2D eigenvalue weighted by Gasteiger charge is -2.35. The molecule has 642 valence electrons. The summed E-state index contributed by atoms with van der Waals surface area (Å²) in [7, 11) is -5.00. The number of nitrogens with zero attached hydrogens (tertiary/aromatic N) is 3. The van der Waals surface area contributed by atoms with Gasteiger partial charge in [-0.1, -0.05) is 39.8 Å². The van der Waals surface area contributed by atoms with E-state index < -0.39 is 257 Å². The molecule has 15 atom stereocenters. The van der Waals surface area contributed by atoms with Gasteiger partial charge in [0, 0.05) is 42.6 Å². The predicted octanol–water partition coefficient (Wildman–Crippen LogP) is -9.41. The van der Waals surface area contributed by atoms with Gasteiger partial charge in [0.1, 0.15) is 78.3 Å². The number of hydrogen-bond acceptors (Lipinski definition) is 29. The molecule has 3 aliphatic rings. The summed E-state index contributed by atoms with van der Waals surface area (Å²) in [5.41, 5.74) is 19.6. The third kappa shape index (κ3) is 28.9. The third-order valence-corrected chi connectivity index (χ3v) is 20.5. The number of nitrogens with two attached hydrogens (primary N) is 4. The maximum Gasteiger partial charge on any atom is 0.446 e. The van der Waals surface area contributed by atoms with E-state index >= 15 is 0 Å². The number of aliphatic hydroxyl groups excluding tert-OH is 2. The molecule has 3 fully saturated rings. The van der Waals surface area contributed by atoms with Crippen LogP contribution < -0.4 is 85.6 Å². The molecule has 43 nitrogen and oxygen atoms in total. The fourth-order valence-electron chi connectivity index (χ4n) is 12.6. The Balaban J connectivity index is 1.44. The Labute approximate surface area is 683 Å². The number of carbonyl (C=O) groups is 18. The van der Waals surface area contributed by atoms with E-state index in [2.05, 4.69) is 113 Å². The number of carboxylic acid groups (broad SMARTS) is 1. The normalized spacial score (nSPS) is 18.8. The molecule has 16 amide bonds. The first-order chi connectivity index (χ1) is 53.9. The van der Waals surface area contributed by atoms with Gasteiger partial charge in [-0.15, -0.1) is 0 Å². The summed E-state index contributed by atoms with van der Waals surface area (Å²) in [6.07, 6.45) is -1.88.